The van der Waals surface area contributed by atoms with Gasteiger partial charge in [-0.1, -0.05) is 12.1 Å². The molecule has 0 heterocycles. The van der Waals surface area contributed by atoms with E-state index < -0.39 is 5.97 Å². The van der Waals surface area contributed by atoms with Gasteiger partial charge in [-0.2, -0.15) is 0 Å². The first-order valence-electron chi connectivity index (χ1n) is 3.12. The second kappa shape index (κ2) is 5.72. The summed E-state index contributed by atoms with van der Waals surface area (Å²) in [5.74, 6) is -0.581. The van der Waals surface area contributed by atoms with Gasteiger partial charge in [0.25, 0.3) is 0 Å². The number of rotatable bonds is 1. The van der Waals surface area contributed by atoms with Crippen LogP contribution in [0.25, 0.3) is 0 Å². The van der Waals surface area contributed by atoms with Crippen LogP contribution in [0.5, 0.6) is 5.75 Å². The van der Waals surface area contributed by atoms with E-state index in [0.717, 1.165) is 0 Å². The van der Waals surface area contributed by atoms with Crippen LogP contribution in [0.1, 0.15) is 10.4 Å². The number of benzene rings is 1. The number of para-hydroxylation sites is 1. The third kappa shape index (κ3) is 2.88. The number of esters is 1. The first-order chi connectivity index (χ1) is 5.25. The molecular weight excluding hydrogens is 183 g/mol. The molecule has 0 saturated carbocycles. The Hall–Kier alpha value is 0.126. The van der Waals surface area contributed by atoms with Gasteiger partial charge in [0.1, 0.15) is 11.3 Å². The third-order valence-electron chi connectivity index (χ3n) is 1.31. The number of hydrogen-bond donors (Lipinski definition) is 1. The average molecular weight is 192 g/mol. The van der Waals surface area contributed by atoms with Gasteiger partial charge in [0.15, 0.2) is 0 Å². The van der Waals surface area contributed by atoms with Gasteiger partial charge in [-0.05, 0) is 12.1 Å². The molecule has 60 valence electrons. The number of phenols is 1. The van der Waals surface area contributed by atoms with E-state index in [0.29, 0.717) is 0 Å². The van der Waals surface area contributed by atoms with E-state index in [1.165, 1.54) is 19.2 Å². The molecule has 0 aliphatic heterocycles. The summed E-state index contributed by atoms with van der Waals surface area (Å²) in [5.41, 5.74) is 0.190. The average Bonchev–Trinajstić information content (AvgIpc) is 2.04. The van der Waals surface area contributed by atoms with Crippen LogP contribution in [0.4, 0.5) is 0 Å². The second-order valence-corrected chi connectivity index (χ2v) is 2.01. The molecule has 0 amide bonds. The monoisotopic (exact) mass is 192 g/mol. The van der Waals surface area contributed by atoms with Gasteiger partial charge < -0.3 is 9.84 Å². The van der Waals surface area contributed by atoms with Gasteiger partial charge in [-0.15, -0.1) is 0 Å². The van der Waals surface area contributed by atoms with Crippen LogP contribution in [0.2, 0.25) is 0 Å². The molecule has 12 heavy (non-hydrogen) atoms. The molecule has 1 aromatic rings. The fourth-order valence-corrected chi connectivity index (χ4v) is 0.756. The molecule has 1 N–H and O–H groups in total. The number of phenolic OH excluding ortho intramolecular Hbond substituents is 1. The zero-order valence-electron chi connectivity index (χ0n) is 6.07. The molecule has 0 radical (unpaired) electrons. The van der Waals surface area contributed by atoms with Crippen LogP contribution in [-0.2, 0) is 4.74 Å². The fourth-order valence-electron chi connectivity index (χ4n) is 0.756. The maximum atomic E-state index is 10.9. The van der Waals surface area contributed by atoms with Crippen molar-refractivity contribution in [3.8, 4) is 5.75 Å². The predicted molar refractivity (Wildman–Crippen MR) is 46.6 cm³/mol. The molecule has 4 heteroatoms. The van der Waals surface area contributed by atoms with Crippen molar-refractivity contribution in [1.29, 1.82) is 0 Å². The molecule has 0 atom stereocenters. The van der Waals surface area contributed by atoms with Gasteiger partial charge >= 0.3 is 57.4 Å². The van der Waals surface area contributed by atoms with E-state index in [1.54, 1.807) is 12.1 Å². The van der Waals surface area contributed by atoms with Gasteiger partial charge in [0.05, 0.1) is 7.11 Å². The van der Waals surface area contributed by atoms with Gasteiger partial charge in [0, 0.05) is 0 Å². The zero-order chi connectivity index (χ0) is 8.27. The minimum absolute atomic E-state index is 0. The molecule has 3 nitrogen and oxygen atoms in total. The second-order valence-electron chi connectivity index (χ2n) is 2.01. The number of carbonyl (C=O) groups is 1. The fraction of sp³-hybridized carbons (Fsp3) is 0.125. The van der Waals surface area contributed by atoms with Gasteiger partial charge in [-0.3, -0.25) is 0 Å². The Morgan fingerprint density at radius 3 is 2.50 bits per heavy atom. The van der Waals surface area contributed by atoms with Crippen molar-refractivity contribution < 1.29 is 14.6 Å². The van der Waals surface area contributed by atoms with Gasteiger partial charge in [0.2, 0.25) is 0 Å². The third-order valence-corrected chi connectivity index (χ3v) is 1.31. The Balaban J connectivity index is 0.00000121. The SMILES string of the molecule is COC(=O)c1ccccc1O.[KH]. The van der Waals surface area contributed by atoms with E-state index in [4.69, 9.17) is 5.11 Å². The summed E-state index contributed by atoms with van der Waals surface area (Å²) in [6.45, 7) is 0. The van der Waals surface area contributed by atoms with Crippen molar-refractivity contribution in [2.45, 2.75) is 0 Å². The summed E-state index contributed by atoms with van der Waals surface area (Å²) in [6, 6.07) is 6.24. The summed E-state index contributed by atoms with van der Waals surface area (Å²) in [7, 11) is 1.27. The minimum atomic E-state index is -0.525. The molecule has 0 aliphatic carbocycles. The molecule has 0 fully saturated rings. The molecule has 0 bridgehead atoms. The predicted octanol–water partition coefficient (Wildman–Crippen LogP) is 0.530. The number of carbonyl (C=O) groups excluding carboxylic acids is 1. The summed E-state index contributed by atoms with van der Waals surface area (Å²) >= 11 is 0. The van der Waals surface area contributed by atoms with Crippen LogP contribution in [0.3, 0.4) is 0 Å². The Morgan fingerprint density at radius 1 is 1.42 bits per heavy atom. The van der Waals surface area contributed by atoms with Crippen LogP contribution < -0.4 is 0 Å². The van der Waals surface area contributed by atoms with Crippen LogP contribution in [0, 0.1) is 0 Å². The molecule has 1 rings (SSSR count). The number of hydrogen-bond acceptors (Lipinski definition) is 3. The van der Waals surface area contributed by atoms with Gasteiger partial charge in [-0.25, -0.2) is 4.79 Å². The van der Waals surface area contributed by atoms with Crippen LogP contribution in [0.15, 0.2) is 24.3 Å². The van der Waals surface area contributed by atoms with Crippen molar-refractivity contribution in [3.05, 3.63) is 29.8 Å². The molecule has 1 aromatic carbocycles. The number of methoxy groups -OCH3 is 1. The van der Waals surface area contributed by atoms with E-state index >= 15 is 0 Å². The summed E-state index contributed by atoms with van der Waals surface area (Å²) in [6.07, 6.45) is 0. The molecule has 0 aromatic heterocycles. The number of ether oxygens (including phenoxy) is 1. The van der Waals surface area contributed by atoms with Crippen molar-refractivity contribution in [2.24, 2.45) is 0 Å². The summed E-state index contributed by atoms with van der Waals surface area (Å²) < 4.78 is 4.42. The maximum absolute atomic E-state index is 10.9. The Morgan fingerprint density at radius 2 is 2.00 bits per heavy atom. The Kier molecular flexibility index (Phi) is 5.78. The van der Waals surface area contributed by atoms with E-state index in [1.807, 2.05) is 0 Å². The number of aromatic hydroxyl groups is 1. The van der Waals surface area contributed by atoms with Crippen molar-refractivity contribution in [2.75, 3.05) is 7.11 Å². The van der Waals surface area contributed by atoms with Crippen LogP contribution in [-0.4, -0.2) is 69.6 Å². The molecule has 0 unspecified atom stereocenters. The quantitative estimate of drug-likeness (QED) is 0.521. The Labute approximate surface area is 113 Å². The summed E-state index contributed by atoms with van der Waals surface area (Å²) in [5, 5.41) is 9.11. The standard InChI is InChI=1S/C8H8O3.K.H/c1-11-8(10)6-4-2-3-5-7(6)9;;/h2-5,9H,1H3;;. The summed E-state index contributed by atoms with van der Waals surface area (Å²) in [4.78, 5) is 10.9. The van der Waals surface area contributed by atoms with Crippen molar-refractivity contribution in [3.63, 3.8) is 0 Å². The molecule has 0 saturated heterocycles. The molecule has 0 aliphatic rings. The zero-order valence-corrected chi connectivity index (χ0v) is 6.07. The normalized spacial score (nSPS) is 8.42. The first-order valence-corrected chi connectivity index (χ1v) is 3.12. The van der Waals surface area contributed by atoms with Crippen molar-refractivity contribution >= 4 is 57.4 Å². The molecule has 0 spiro atoms. The van der Waals surface area contributed by atoms with Crippen molar-refractivity contribution in [1.82, 2.24) is 0 Å². The van der Waals surface area contributed by atoms with Crippen LogP contribution >= 0.6 is 0 Å². The molecular formula is C8H9KO3. The van der Waals surface area contributed by atoms with E-state index in [-0.39, 0.29) is 62.7 Å². The first kappa shape index (κ1) is 12.1. The van der Waals surface area contributed by atoms with E-state index in [9.17, 15) is 4.79 Å². The van der Waals surface area contributed by atoms with E-state index in [2.05, 4.69) is 4.74 Å². The topological polar surface area (TPSA) is 46.5 Å². The Bertz CT molecular complexity index is 273.